The number of nitro benzene ring substituents is 1. The molecule has 0 heterocycles. The topological polar surface area (TPSA) is 72.6 Å². The Bertz CT molecular complexity index is 338. The van der Waals surface area contributed by atoms with Gasteiger partial charge in [0, 0.05) is 6.07 Å². The van der Waals surface area contributed by atoms with Crippen LogP contribution in [0.1, 0.15) is 5.56 Å². The Hall–Kier alpha value is -1.62. The van der Waals surface area contributed by atoms with Gasteiger partial charge in [-0.1, -0.05) is 0 Å². The van der Waals surface area contributed by atoms with Crippen molar-refractivity contribution in [1.82, 2.24) is 0 Å². The van der Waals surface area contributed by atoms with Crippen molar-refractivity contribution < 1.29 is 14.8 Å². The van der Waals surface area contributed by atoms with Gasteiger partial charge in [-0.3, -0.25) is 10.1 Å². The summed E-state index contributed by atoms with van der Waals surface area (Å²) in [6.07, 6.45) is 0. The molecule has 0 saturated heterocycles. The maximum absolute atomic E-state index is 10.4. The molecule has 1 rings (SSSR count). The van der Waals surface area contributed by atoms with Crippen LogP contribution < -0.4 is 4.74 Å². The van der Waals surface area contributed by atoms with E-state index in [-0.39, 0.29) is 18.9 Å². The Morgan fingerprint density at radius 1 is 1.57 bits per heavy atom. The number of nitrogens with zero attached hydrogens (tertiary/aromatic N) is 1. The minimum absolute atomic E-state index is 0.0106. The zero-order chi connectivity index (χ0) is 10.6. The molecule has 0 bridgehead atoms. The van der Waals surface area contributed by atoms with E-state index in [0.29, 0.717) is 5.75 Å². The Labute approximate surface area is 81.1 Å². The van der Waals surface area contributed by atoms with Crippen molar-refractivity contribution in [2.24, 2.45) is 0 Å². The standard InChI is InChI=1S/C9H11NO4/c1-7-2-3-8(10(12)13)6-9(7)14-5-4-11/h2-3,6,11H,4-5H2,1H3. The number of benzene rings is 1. The van der Waals surface area contributed by atoms with Crippen LogP contribution in [-0.2, 0) is 0 Å². The molecule has 0 unspecified atom stereocenters. The zero-order valence-corrected chi connectivity index (χ0v) is 7.77. The quantitative estimate of drug-likeness (QED) is 0.582. The maximum atomic E-state index is 10.4. The average Bonchev–Trinajstić information content (AvgIpc) is 2.16. The molecule has 0 aliphatic heterocycles. The summed E-state index contributed by atoms with van der Waals surface area (Å²) in [7, 11) is 0. The van der Waals surface area contributed by atoms with E-state index in [2.05, 4.69) is 0 Å². The largest absolute Gasteiger partial charge is 0.491 e. The Morgan fingerprint density at radius 2 is 2.29 bits per heavy atom. The SMILES string of the molecule is Cc1ccc([N+](=O)[O-])cc1OCCO. The first-order chi connectivity index (χ1) is 6.65. The van der Waals surface area contributed by atoms with E-state index in [4.69, 9.17) is 9.84 Å². The van der Waals surface area contributed by atoms with Crippen LogP contribution in [0.25, 0.3) is 0 Å². The summed E-state index contributed by atoms with van der Waals surface area (Å²) in [4.78, 5) is 9.96. The van der Waals surface area contributed by atoms with E-state index in [1.807, 2.05) is 0 Å². The molecule has 0 aliphatic rings. The number of aryl methyl sites for hydroxylation is 1. The number of nitro groups is 1. The number of rotatable bonds is 4. The minimum atomic E-state index is -0.481. The van der Waals surface area contributed by atoms with Gasteiger partial charge in [0.25, 0.3) is 5.69 Å². The van der Waals surface area contributed by atoms with Gasteiger partial charge in [0.2, 0.25) is 0 Å². The van der Waals surface area contributed by atoms with Gasteiger partial charge in [-0.15, -0.1) is 0 Å². The number of non-ortho nitro benzene ring substituents is 1. The molecule has 0 amide bonds. The third kappa shape index (κ3) is 2.43. The summed E-state index contributed by atoms with van der Waals surface area (Å²) < 4.78 is 5.12. The van der Waals surface area contributed by atoms with Gasteiger partial charge < -0.3 is 9.84 Å². The second-order valence-corrected chi connectivity index (χ2v) is 2.78. The molecule has 0 aliphatic carbocycles. The van der Waals surface area contributed by atoms with Crippen molar-refractivity contribution in [2.75, 3.05) is 13.2 Å². The monoisotopic (exact) mass is 197 g/mol. The molecule has 0 fully saturated rings. The summed E-state index contributed by atoms with van der Waals surface area (Å²) in [6, 6.07) is 4.39. The molecular formula is C9H11NO4. The molecule has 0 saturated carbocycles. The van der Waals surface area contributed by atoms with Gasteiger partial charge in [-0.2, -0.15) is 0 Å². The zero-order valence-electron chi connectivity index (χ0n) is 7.77. The minimum Gasteiger partial charge on any atom is -0.491 e. The van der Waals surface area contributed by atoms with E-state index in [1.165, 1.54) is 12.1 Å². The van der Waals surface area contributed by atoms with Crippen molar-refractivity contribution in [2.45, 2.75) is 6.92 Å². The highest BCUT2D eigenvalue weighted by Gasteiger charge is 2.08. The van der Waals surface area contributed by atoms with Crippen LogP contribution in [0.4, 0.5) is 5.69 Å². The molecule has 1 aromatic rings. The van der Waals surface area contributed by atoms with Crippen LogP contribution in [-0.4, -0.2) is 23.2 Å². The smallest absolute Gasteiger partial charge is 0.273 e. The number of hydrogen-bond donors (Lipinski definition) is 1. The van der Waals surface area contributed by atoms with Crippen LogP contribution in [0.15, 0.2) is 18.2 Å². The number of hydrogen-bond acceptors (Lipinski definition) is 4. The molecule has 0 atom stereocenters. The fourth-order valence-corrected chi connectivity index (χ4v) is 1.01. The van der Waals surface area contributed by atoms with Gasteiger partial charge in [-0.25, -0.2) is 0 Å². The van der Waals surface area contributed by atoms with Gasteiger partial charge in [0.15, 0.2) is 0 Å². The molecule has 14 heavy (non-hydrogen) atoms. The number of aliphatic hydroxyl groups excluding tert-OH is 1. The van der Waals surface area contributed by atoms with Gasteiger partial charge in [-0.05, 0) is 18.6 Å². The normalized spacial score (nSPS) is 9.86. The predicted octanol–water partition coefficient (Wildman–Crippen LogP) is 1.27. The Morgan fingerprint density at radius 3 is 2.86 bits per heavy atom. The molecular weight excluding hydrogens is 186 g/mol. The fraction of sp³-hybridized carbons (Fsp3) is 0.333. The lowest BCUT2D eigenvalue weighted by Crippen LogP contribution is -2.03. The molecule has 5 heteroatoms. The number of ether oxygens (including phenoxy) is 1. The second-order valence-electron chi connectivity index (χ2n) is 2.78. The van der Waals surface area contributed by atoms with E-state index in [1.54, 1.807) is 13.0 Å². The van der Waals surface area contributed by atoms with Crippen molar-refractivity contribution in [3.8, 4) is 5.75 Å². The molecule has 1 N–H and O–H groups in total. The van der Waals surface area contributed by atoms with Crippen LogP contribution in [0, 0.1) is 17.0 Å². The summed E-state index contributed by atoms with van der Waals surface area (Å²) in [6.45, 7) is 1.82. The average molecular weight is 197 g/mol. The lowest BCUT2D eigenvalue weighted by molar-refractivity contribution is -0.384. The van der Waals surface area contributed by atoms with E-state index in [0.717, 1.165) is 5.56 Å². The summed E-state index contributed by atoms with van der Waals surface area (Å²) in [5.41, 5.74) is 0.799. The Balaban J connectivity index is 2.90. The van der Waals surface area contributed by atoms with E-state index in [9.17, 15) is 10.1 Å². The molecule has 0 aromatic heterocycles. The first-order valence-corrected chi connectivity index (χ1v) is 4.14. The van der Waals surface area contributed by atoms with E-state index < -0.39 is 4.92 Å². The number of aliphatic hydroxyl groups is 1. The predicted molar refractivity (Wildman–Crippen MR) is 50.4 cm³/mol. The third-order valence-corrected chi connectivity index (χ3v) is 1.73. The lowest BCUT2D eigenvalue weighted by atomic mass is 10.2. The maximum Gasteiger partial charge on any atom is 0.273 e. The molecule has 5 nitrogen and oxygen atoms in total. The molecule has 0 spiro atoms. The van der Waals surface area contributed by atoms with Crippen LogP contribution in [0.3, 0.4) is 0 Å². The van der Waals surface area contributed by atoms with Crippen molar-refractivity contribution in [1.29, 1.82) is 0 Å². The summed E-state index contributed by atoms with van der Waals surface area (Å²) in [5.74, 6) is 0.438. The Kier molecular flexibility index (Phi) is 3.41. The highest BCUT2D eigenvalue weighted by atomic mass is 16.6. The molecule has 76 valence electrons. The first-order valence-electron chi connectivity index (χ1n) is 4.14. The molecule has 1 aromatic carbocycles. The van der Waals surface area contributed by atoms with Crippen molar-refractivity contribution >= 4 is 5.69 Å². The summed E-state index contributed by atoms with van der Waals surface area (Å²) in [5, 5.41) is 19.0. The van der Waals surface area contributed by atoms with Crippen molar-refractivity contribution in [3.05, 3.63) is 33.9 Å². The van der Waals surface area contributed by atoms with E-state index >= 15 is 0 Å². The van der Waals surface area contributed by atoms with Crippen molar-refractivity contribution in [3.63, 3.8) is 0 Å². The second kappa shape index (κ2) is 4.57. The van der Waals surface area contributed by atoms with Crippen LogP contribution in [0.2, 0.25) is 0 Å². The summed E-state index contributed by atoms with van der Waals surface area (Å²) >= 11 is 0. The van der Waals surface area contributed by atoms with Gasteiger partial charge in [0.1, 0.15) is 12.4 Å². The highest BCUT2D eigenvalue weighted by molar-refractivity contribution is 5.43. The van der Waals surface area contributed by atoms with Gasteiger partial charge in [0.05, 0.1) is 17.6 Å². The van der Waals surface area contributed by atoms with Crippen LogP contribution in [0.5, 0.6) is 5.75 Å². The third-order valence-electron chi connectivity index (χ3n) is 1.73. The lowest BCUT2D eigenvalue weighted by Gasteiger charge is -2.06. The highest BCUT2D eigenvalue weighted by Crippen LogP contribution is 2.23. The van der Waals surface area contributed by atoms with Gasteiger partial charge >= 0.3 is 0 Å². The first kappa shape index (κ1) is 10.5. The fourth-order valence-electron chi connectivity index (χ4n) is 1.01. The van der Waals surface area contributed by atoms with Crippen LogP contribution >= 0.6 is 0 Å². The molecule has 0 radical (unpaired) electrons.